The highest BCUT2D eigenvalue weighted by Gasteiger charge is 2.19. The van der Waals surface area contributed by atoms with Gasteiger partial charge in [0.05, 0.1) is 4.91 Å². The predicted octanol–water partition coefficient (Wildman–Crippen LogP) is 4.51. The summed E-state index contributed by atoms with van der Waals surface area (Å²) in [6.07, 6.45) is 1.77. The third-order valence-corrected chi connectivity index (χ3v) is 5.01. The van der Waals surface area contributed by atoms with E-state index in [1.807, 2.05) is 24.3 Å². The number of nitrogens with two attached hydrogens (primary N) is 1. The van der Waals surface area contributed by atoms with E-state index in [1.54, 1.807) is 6.08 Å². The summed E-state index contributed by atoms with van der Waals surface area (Å²) in [5.74, 6) is 1.72. The van der Waals surface area contributed by atoms with Crippen LogP contribution in [0.5, 0.6) is 11.5 Å². The van der Waals surface area contributed by atoms with Gasteiger partial charge in [0.2, 0.25) is 0 Å². The minimum atomic E-state index is -0.304. The zero-order chi connectivity index (χ0) is 20.1. The number of ether oxygens (including phenoxy) is 2. The Labute approximate surface area is 169 Å². The van der Waals surface area contributed by atoms with E-state index in [0.717, 1.165) is 17.1 Å². The maximum absolute atomic E-state index is 11.7. The van der Waals surface area contributed by atoms with Crippen LogP contribution in [0.4, 0.5) is 0 Å². The van der Waals surface area contributed by atoms with Gasteiger partial charge in [0.25, 0.3) is 5.91 Å². The lowest BCUT2D eigenvalue weighted by atomic mass is 10.0. The van der Waals surface area contributed by atoms with Crippen LogP contribution in [0.15, 0.2) is 52.4 Å². The van der Waals surface area contributed by atoms with Gasteiger partial charge in [-0.25, -0.2) is 0 Å². The van der Waals surface area contributed by atoms with Gasteiger partial charge >= 0.3 is 0 Å². The zero-order valence-corrected chi connectivity index (χ0v) is 17.1. The van der Waals surface area contributed by atoms with Crippen molar-refractivity contribution in [3.05, 3.63) is 64.1 Å². The van der Waals surface area contributed by atoms with Crippen LogP contribution in [0.1, 0.15) is 36.5 Å². The Morgan fingerprint density at radius 3 is 2.64 bits per heavy atom. The molecule has 1 amide bonds. The van der Waals surface area contributed by atoms with Crippen molar-refractivity contribution in [2.45, 2.75) is 26.7 Å². The summed E-state index contributed by atoms with van der Waals surface area (Å²) in [6, 6.07) is 13.8. The van der Waals surface area contributed by atoms with E-state index in [-0.39, 0.29) is 11.1 Å². The van der Waals surface area contributed by atoms with Crippen molar-refractivity contribution in [3.63, 3.8) is 0 Å². The summed E-state index contributed by atoms with van der Waals surface area (Å²) < 4.78 is 11.8. The van der Waals surface area contributed by atoms with E-state index in [1.165, 1.54) is 22.9 Å². The monoisotopic (exact) mass is 396 g/mol. The third kappa shape index (κ3) is 5.16. The molecular weight excluding hydrogens is 372 g/mol. The summed E-state index contributed by atoms with van der Waals surface area (Å²) in [6.45, 7) is 7.24. The highest BCUT2D eigenvalue weighted by atomic mass is 32.2. The summed E-state index contributed by atoms with van der Waals surface area (Å²) in [4.78, 5) is 15.9. The number of nitrogens with zero attached hydrogens (tertiary/aromatic N) is 1. The molecule has 2 N–H and O–H groups in total. The van der Waals surface area contributed by atoms with Gasteiger partial charge in [-0.15, -0.1) is 0 Å². The normalized spacial score (nSPS) is 15.2. The Kier molecular flexibility index (Phi) is 6.41. The van der Waals surface area contributed by atoms with Crippen LogP contribution in [0.3, 0.4) is 0 Å². The van der Waals surface area contributed by atoms with Crippen molar-refractivity contribution in [2.75, 3.05) is 13.2 Å². The number of hydrogen-bond acceptors (Lipinski definition) is 5. The predicted molar refractivity (Wildman–Crippen MR) is 115 cm³/mol. The number of hydrogen-bond donors (Lipinski definition) is 1. The maximum Gasteiger partial charge on any atom is 0.286 e. The Morgan fingerprint density at radius 2 is 1.93 bits per heavy atom. The molecule has 6 heteroatoms. The fourth-order valence-electron chi connectivity index (χ4n) is 2.83. The minimum absolute atomic E-state index is 0.276. The molecule has 0 fully saturated rings. The average Bonchev–Trinajstić information content (AvgIpc) is 2.96. The molecule has 0 spiro atoms. The van der Waals surface area contributed by atoms with Gasteiger partial charge in [0.1, 0.15) is 24.7 Å². The number of aryl methyl sites for hydroxylation is 1. The summed E-state index contributed by atoms with van der Waals surface area (Å²) in [5.41, 5.74) is 8.81. The topological polar surface area (TPSA) is 73.9 Å². The Hall–Kier alpha value is -2.73. The van der Waals surface area contributed by atoms with E-state index in [2.05, 4.69) is 44.0 Å². The Bertz CT molecular complexity index is 935. The molecule has 1 heterocycles. The molecule has 0 aromatic heterocycles. The number of aliphatic imine (C=N–C) groups is 1. The van der Waals surface area contributed by atoms with Gasteiger partial charge in [-0.1, -0.05) is 38.1 Å². The lowest BCUT2D eigenvalue weighted by molar-refractivity contribution is -0.113. The molecule has 5 nitrogen and oxygen atoms in total. The van der Waals surface area contributed by atoms with Crippen LogP contribution in [-0.4, -0.2) is 24.3 Å². The zero-order valence-electron chi connectivity index (χ0n) is 16.3. The van der Waals surface area contributed by atoms with E-state index in [9.17, 15) is 4.79 Å². The molecule has 0 radical (unpaired) electrons. The molecule has 0 saturated heterocycles. The lowest BCUT2D eigenvalue weighted by Crippen LogP contribution is -2.10. The summed E-state index contributed by atoms with van der Waals surface area (Å²) >= 11 is 1.18. The molecule has 0 saturated carbocycles. The highest BCUT2D eigenvalue weighted by Crippen LogP contribution is 2.28. The Balaban J connectivity index is 1.57. The first kappa shape index (κ1) is 20.0. The van der Waals surface area contributed by atoms with Gasteiger partial charge in [-0.05, 0) is 65.6 Å². The SMILES string of the molecule is Cc1ccc(C(C)C)c(OCCOc2cccc(/C=C3/SC(N)=NC3=O)c2)c1. The smallest absolute Gasteiger partial charge is 0.286 e. The van der Waals surface area contributed by atoms with Gasteiger partial charge in [-0.2, -0.15) is 4.99 Å². The lowest BCUT2D eigenvalue weighted by Gasteiger charge is -2.15. The second-order valence-corrected chi connectivity index (χ2v) is 7.89. The first-order valence-corrected chi connectivity index (χ1v) is 9.98. The van der Waals surface area contributed by atoms with Gasteiger partial charge in [0, 0.05) is 0 Å². The number of amidine groups is 1. The van der Waals surface area contributed by atoms with Crippen molar-refractivity contribution in [2.24, 2.45) is 10.7 Å². The van der Waals surface area contributed by atoms with Crippen LogP contribution in [-0.2, 0) is 4.79 Å². The van der Waals surface area contributed by atoms with Gasteiger partial charge in [-0.3, -0.25) is 4.79 Å². The second-order valence-electron chi connectivity index (χ2n) is 6.83. The van der Waals surface area contributed by atoms with Crippen molar-refractivity contribution < 1.29 is 14.3 Å². The molecule has 2 aromatic rings. The molecule has 0 aliphatic carbocycles. The van der Waals surface area contributed by atoms with Crippen molar-refractivity contribution in [3.8, 4) is 11.5 Å². The second kappa shape index (κ2) is 8.97. The maximum atomic E-state index is 11.7. The highest BCUT2D eigenvalue weighted by molar-refractivity contribution is 8.18. The molecule has 28 heavy (non-hydrogen) atoms. The minimum Gasteiger partial charge on any atom is -0.490 e. The van der Waals surface area contributed by atoms with E-state index in [0.29, 0.717) is 24.0 Å². The molecule has 2 aromatic carbocycles. The molecule has 1 aliphatic heterocycles. The number of thioether (sulfide) groups is 1. The number of rotatable bonds is 7. The third-order valence-electron chi connectivity index (χ3n) is 4.19. The van der Waals surface area contributed by atoms with Crippen LogP contribution >= 0.6 is 11.8 Å². The number of benzene rings is 2. The van der Waals surface area contributed by atoms with Gasteiger partial charge in [0.15, 0.2) is 5.17 Å². The fraction of sp³-hybridized carbons (Fsp3) is 0.273. The molecule has 1 aliphatic rings. The van der Waals surface area contributed by atoms with Crippen LogP contribution in [0, 0.1) is 6.92 Å². The molecule has 0 bridgehead atoms. The molecule has 3 rings (SSSR count). The fourth-order valence-corrected chi connectivity index (χ4v) is 3.51. The summed E-state index contributed by atoms with van der Waals surface area (Å²) in [5, 5.41) is 0.276. The number of carbonyl (C=O) groups is 1. The molecule has 0 unspecified atom stereocenters. The Morgan fingerprint density at radius 1 is 1.14 bits per heavy atom. The van der Waals surface area contributed by atoms with E-state index >= 15 is 0 Å². The van der Waals surface area contributed by atoms with Crippen molar-refractivity contribution in [1.82, 2.24) is 0 Å². The molecule has 0 atom stereocenters. The van der Waals surface area contributed by atoms with Crippen LogP contribution < -0.4 is 15.2 Å². The quantitative estimate of drug-likeness (QED) is 0.551. The molecule has 146 valence electrons. The van der Waals surface area contributed by atoms with Gasteiger partial charge < -0.3 is 15.2 Å². The number of carbonyl (C=O) groups excluding carboxylic acids is 1. The van der Waals surface area contributed by atoms with Crippen molar-refractivity contribution in [1.29, 1.82) is 0 Å². The first-order chi connectivity index (χ1) is 13.4. The first-order valence-electron chi connectivity index (χ1n) is 9.16. The van der Waals surface area contributed by atoms with Crippen LogP contribution in [0.2, 0.25) is 0 Å². The van der Waals surface area contributed by atoms with Crippen LogP contribution in [0.25, 0.3) is 6.08 Å². The van der Waals surface area contributed by atoms with E-state index in [4.69, 9.17) is 15.2 Å². The number of amides is 1. The van der Waals surface area contributed by atoms with Crippen molar-refractivity contribution >= 4 is 28.9 Å². The summed E-state index contributed by atoms with van der Waals surface area (Å²) in [7, 11) is 0. The largest absolute Gasteiger partial charge is 0.490 e. The van der Waals surface area contributed by atoms with E-state index < -0.39 is 0 Å². The standard InChI is InChI=1S/C22H24N2O3S/c1-14(2)18-8-7-15(3)11-19(18)27-10-9-26-17-6-4-5-16(12-17)13-20-21(25)24-22(23)28-20/h4-8,11-14H,9-10H2,1-3H3,(H2,23,24,25)/b20-13+. The average molecular weight is 397 g/mol. The molecular formula is C22H24N2O3S.